The van der Waals surface area contributed by atoms with Gasteiger partial charge in [0.1, 0.15) is 11.9 Å². The molecule has 0 aliphatic carbocycles. The molecule has 1 fully saturated rings. The Balaban J connectivity index is 1.91. The maximum atomic E-state index is 13.5. The predicted molar refractivity (Wildman–Crippen MR) is 87.5 cm³/mol. The van der Waals surface area contributed by atoms with Gasteiger partial charge < -0.3 is 10.1 Å². The Morgan fingerprint density at radius 1 is 1.29 bits per heavy atom. The molecule has 24 heavy (non-hydrogen) atoms. The van der Waals surface area contributed by atoms with Gasteiger partial charge in [0.15, 0.2) is 6.10 Å². The van der Waals surface area contributed by atoms with E-state index in [-0.39, 0.29) is 5.82 Å². The number of unbranched alkanes of at least 4 members (excludes halogenated alkanes) is 1. The molecular formula is C19H17FN2O2. The average Bonchev–Trinajstić information content (AvgIpc) is 2.97. The van der Waals surface area contributed by atoms with Crippen LogP contribution in [0.2, 0.25) is 0 Å². The summed E-state index contributed by atoms with van der Waals surface area (Å²) in [5.41, 5.74) is 2.15. The van der Waals surface area contributed by atoms with Crippen molar-refractivity contribution in [1.29, 1.82) is 0 Å². The first-order valence-electron chi connectivity index (χ1n) is 7.84. The highest BCUT2D eigenvalue weighted by atomic mass is 19.1. The highest BCUT2D eigenvalue weighted by Crippen LogP contribution is 2.36. The van der Waals surface area contributed by atoms with Crippen LogP contribution in [0, 0.1) is 17.7 Å². The molecule has 0 spiro atoms. The molecule has 0 radical (unpaired) electrons. The van der Waals surface area contributed by atoms with E-state index >= 15 is 0 Å². The van der Waals surface area contributed by atoms with Crippen LogP contribution in [-0.4, -0.2) is 11.1 Å². The van der Waals surface area contributed by atoms with Gasteiger partial charge in [-0.25, -0.2) is 9.18 Å². The molecule has 1 N–H and O–H groups in total. The van der Waals surface area contributed by atoms with Gasteiger partial charge in [-0.1, -0.05) is 30.9 Å². The molecule has 122 valence electrons. The molecule has 2 heterocycles. The summed E-state index contributed by atoms with van der Waals surface area (Å²) in [5.74, 6) is 5.76. The number of hydrogen-bond donors (Lipinski definition) is 1. The van der Waals surface area contributed by atoms with Crippen LogP contribution in [0.5, 0.6) is 0 Å². The second-order valence-electron chi connectivity index (χ2n) is 5.56. The van der Waals surface area contributed by atoms with Crippen molar-refractivity contribution in [3.05, 3.63) is 65.2 Å². The van der Waals surface area contributed by atoms with E-state index in [1.54, 1.807) is 24.5 Å². The molecule has 1 aliphatic heterocycles. The number of amides is 1. The molecule has 1 aliphatic rings. The lowest BCUT2D eigenvalue weighted by Gasteiger charge is -2.17. The molecule has 1 amide bonds. The van der Waals surface area contributed by atoms with Gasteiger partial charge in [0.05, 0.1) is 0 Å². The standard InChI is InChI=1S/C19H17FN2O2/c1-2-3-4-6-13-9-15(12-21-11-13)17-18(24-19(23)22-17)14-7-5-8-16(20)10-14/h5,7-12,17-18H,2-3H2,1H3,(H,22,23)/t17-,18-/m1/s1. The van der Waals surface area contributed by atoms with Gasteiger partial charge in [0.2, 0.25) is 0 Å². The zero-order valence-corrected chi connectivity index (χ0v) is 13.3. The number of alkyl carbamates (subject to hydrolysis) is 1. The maximum absolute atomic E-state index is 13.5. The summed E-state index contributed by atoms with van der Waals surface area (Å²) < 4.78 is 18.8. The number of pyridine rings is 1. The van der Waals surface area contributed by atoms with Gasteiger partial charge in [-0.15, -0.1) is 0 Å². The van der Waals surface area contributed by atoms with Crippen molar-refractivity contribution in [2.45, 2.75) is 31.9 Å². The van der Waals surface area contributed by atoms with Crippen molar-refractivity contribution < 1.29 is 13.9 Å². The Bertz CT molecular complexity index is 810. The lowest BCUT2D eigenvalue weighted by atomic mass is 9.97. The molecule has 1 saturated heterocycles. The minimum absolute atomic E-state index is 0.369. The number of nitrogens with one attached hydrogen (secondary N) is 1. The molecule has 0 unspecified atom stereocenters. The van der Waals surface area contributed by atoms with Crippen LogP contribution in [0.3, 0.4) is 0 Å². The van der Waals surface area contributed by atoms with Crippen molar-refractivity contribution >= 4 is 6.09 Å². The van der Waals surface area contributed by atoms with Crippen molar-refractivity contribution in [3.63, 3.8) is 0 Å². The van der Waals surface area contributed by atoms with E-state index in [0.29, 0.717) is 5.56 Å². The van der Waals surface area contributed by atoms with E-state index in [2.05, 4.69) is 29.1 Å². The van der Waals surface area contributed by atoms with Crippen LogP contribution in [0.1, 0.15) is 48.6 Å². The molecule has 2 aromatic rings. The highest BCUT2D eigenvalue weighted by Gasteiger charge is 2.36. The van der Waals surface area contributed by atoms with Crippen LogP contribution >= 0.6 is 0 Å². The average molecular weight is 324 g/mol. The minimum Gasteiger partial charge on any atom is -0.439 e. The number of rotatable bonds is 3. The van der Waals surface area contributed by atoms with Gasteiger partial charge in [0, 0.05) is 24.4 Å². The van der Waals surface area contributed by atoms with Crippen LogP contribution in [0.15, 0.2) is 42.7 Å². The molecule has 3 rings (SSSR count). The summed E-state index contributed by atoms with van der Waals surface area (Å²) in [7, 11) is 0. The lowest BCUT2D eigenvalue weighted by molar-refractivity contribution is 0.132. The summed E-state index contributed by atoms with van der Waals surface area (Å²) in [6.45, 7) is 2.07. The number of cyclic esters (lactones) is 1. The zero-order valence-electron chi connectivity index (χ0n) is 13.3. The molecule has 4 nitrogen and oxygen atoms in total. The highest BCUT2D eigenvalue weighted by molar-refractivity contribution is 5.71. The topological polar surface area (TPSA) is 51.2 Å². The van der Waals surface area contributed by atoms with Crippen LogP contribution in [0.25, 0.3) is 0 Å². The third-order valence-electron chi connectivity index (χ3n) is 3.71. The number of benzene rings is 1. The van der Waals surface area contributed by atoms with Gasteiger partial charge in [-0.05, 0) is 35.7 Å². The lowest BCUT2D eigenvalue weighted by Crippen LogP contribution is -2.19. The van der Waals surface area contributed by atoms with E-state index in [1.807, 2.05) is 6.07 Å². The third kappa shape index (κ3) is 3.54. The number of nitrogens with zero attached hydrogens (tertiary/aromatic N) is 1. The van der Waals surface area contributed by atoms with Crippen molar-refractivity contribution in [2.24, 2.45) is 0 Å². The van der Waals surface area contributed by atoms with Crippen LogP contribution < -0.4 is 5.32 Å². The summed E-state index contributed by atoms with van der Waals surface area (Å²) in [6.07, 6.45) is 4.02. The van der Waals surface area contributed by atoms with Gasteiger partial charge in [-0.2, -0.15) is 0 Å². The summed E-state index contributed by atoms with van der Waals surface area (Å²) in [4.78, 5) is 15.9. The fourth-order valence-corrected chi connectivity index (χ4v) is 2.61. The third-order valence-corrected chi connectivity index (χ3v) is 3.71. The zero-order chi connectivity index (χ0) is 16.9. The van der Waals surface area contributed by atoms with Gasteiger partial charge in [0.25, 0.3) is 0 Å². The number of halogens is 1. The quantitative estimate of drug-likeness (QED) is 0.871. The van der Waals surface area contributed by atoms with Crippen LogP contribution in [-0.2, 0) is 4.74 Å². The van der Waals surface area contributed by atoms with E-state index < -0.39 is 18.2 Å². The van der Waals surface area contributed by atoms with Gasteiger partial charge >= 0.3 is 6.09 Å². The fourth-order valence-electron chi connectivity index (χ4n) is 2.61. The normalized spacial score (nSPS) is 19.2. The second-order valence-corrected chi connectivity index (χ2v) is 5.56. The molecule has 0 bridgehead atoms. The van der Waals surface area contributed by atoms with E-state index in [1.165, 1.54) is 12.1 Å². The van der Waals surface area contributed by atoms with Crippen molar-refractivity contribution in [2.75, 3.05) is 0 Å². The first kappa shape index (κ1) is 16.0. The maximum Gasteiger partial charge on any atom is 0.408 e. The molecule has 1 aromatic carbocycles. The predicted octanol–water partition coefficient (Wildman–Crippen LogP) is 3.89. The summed E-state index contributed by atoms with van der Waals surface area (Å²) in [5, 5.41) is 2.76. The first-order valence-corrected chi connectivity index (χ1v) is 7.84. The molecule has 5 heteroatoms. The van der Waals surface area contributed by atoms with E-state index in [9.17, 15) is 9.18 Å². The monoisotopic (exact) mass is 324 g/mol. The SMILES string of the molecule is CCCC#Cc1cncc([C@H]2NC(=O)O[C@@H]2c2cccc(F)c2)c1. The minimum atomic E-state index is -0.603. The number of carbonyl (C=O) groups excluding carboxylic acids is 1. The summed E-state index contributed by atoms with van der Waals surface area (Å²) >= 11 is 0. The Morgan fingerprint density at radius 3 is 2.96 bits per heavy atom. The first-order chi connectivity index (χ1) is 11.7. The Morgan fingerprint density at radius 2 is 2.17 bits per heavy atom. The number of carbonyl (C=O) groups is 1. The Hall–Kier alpha value is -2.87. The van der Waals surface area contributed by atoms with Crippen molar-refractivity contribution in [3.8, 4) is 11.8 Å². The number of ether oxygens (including phenoxy) is 1. The smallest absolute Gasteiger partial charge is 0.408 e. The van der Waals surface area contributed by atoms with E-state index in [0.717, 1.165) is 24.0 Å². The van der Waals surface area contributed by atoms with Crippen LogP contribution in [0.4, 0.5) is 9.18 Å². The molecule has 1 aromatic heterocycles. The Kier molecular flexibility index (Phi) is 4.76. The fraction of sp³-hybridized carbons (Fsp3) is 0.263. The Labute approximate surface area is 140 Å². The molecule has 2 atom stereocenters. The van der Waals surface area contributed by atoms with Gasteiger partial charge in [-0.3, -0.25) is 4.98 Å². The second kappa shape index (κ2) is 7.14. The molecule has 0 saturated carbocycles. The largest absolute Gasteiger partial charge is 0.439 e. The number of aromatic nitrogens is 1. The number of hydrogen-bond acceptors (Lipinski definition) is 3. The molecular weight excluding hydrogens is 307 g/mol. The summed E-state index contributed by atoms with van der Waals surface area (Å²) in [6, 6.07) is 7.50. The van der Waals surface area contributed by atoms with E-state index in [4.69, 9.17) is 4.74 Å². The van der Waals surface area contributed by atoms with Crippen molar-refractivity contribution in [1.82, 2.24) is 10.3 Å².